The van der Waals surface area contributed by atoms with Gasteiger partial charge in [0.25, 0.3) is 0 Å². The van der Waals surface area contributed by atoms with Crippen LogP contribution in [0.5, 0.6) is 5.75 Å². The smallest absolute Gasteiger partial charge is 0.432 e. The minimum atomic E-state index is -4.56. The fraction of sp³-hybridized carbons (Fsp3) is 0.435. The second-order valence-corrected chi connectivity index (χ2v) is 8.49. The Hall–Kier alpha value is -3.17. The van der Waals surface area contributed by atoms with E-state index in [1.807, 2.05) is 18.9 Å². The Kier molecular flexibility index (Phi) is 6.27. The number of anilines is 1. The molecular formula is C23H24F4N4O2. The third kappa shape index (κ3) is 4.94. The van der Waals surface area contributed by atoms with Crippen molar-refractivity contribution in [2.75, 3.05) is 5.32 Å². The van der Waals surface area contributed by atoms with Gasteiger partial charge in [-0.2, -0.15) is 18.3 Å². The number of nitrogens with zero attached hydrogens (tertiary/aromatic N) is 2. The number of rotatable bonds is 6. The molecule has 0 saturated heterocycles. The quantitative estimate of drug-likeness (QED) is 0.467. The summed E-state index contributed by atoms with van der Waals surface area (Å²) in [4.78, 5) is 17.1. The molecule has 1 aromatic carbocycles. The minimum Gasteiger partial charge on any atom is -0.490 e. The molecule has 10 heteroatoms. The van der Waals surface area contributed by atoms with Crippen molar-refractivity contribution in [2.45, 2.75) is 45.4 Å². The lowest BCUT2D eigenvalue weighted by molar-refractivity contribution is -0.141. The van der Waals surface area contributed by atoms with Crippen molar-refractivity contribution in [1.82, 2.24) is 15.2 Å². The van der Waals surface area contributed by atoms with Gasteiger partial charge in [-0.3, -0.25) is 14.9 Å². The minimum absolute atomic E-state index is 0.0223. The van der Waals surface area contributed by atoms with Gasteiger partial charge in [-0.25, -0.2) is 4.39 Å². The van der Waals surface area contributed by atoms with Crippen molar-refractivity contribution < 1.29 is 27.1 Å². The van der Waals surface area contributed by atoms with Gasteiger partial charge < -0.3 is 10.1 Å². The van der Waals surface area contributed by atoms with Crippen LogP contribution in [0.3, 0.4) is 0 Å². The molecule has 1 aliphatic rings. The molecule has 1 amide bonds. The maximum absolute atomic E-state index is 13.7. The summed E-state index contributed by atoms with van der Waals surface area (Å²) in [7, 11) is 0. The molecule has 4 atom stereocenters. The van der Waals surface area contributed by atoms with Crippen molar-refractivity contribution in [3.63, 3.8) is 0 Å². The Morgan fingerprint density at radius 2 is 2.06 bits per heavy atom. The van der Waals surface area contributed by atoms with Crippen molar-refractivity contribution in [1.29, 1.82) is 0 Å². The molecule has 6 nitrogen and oxygen atoms in total. The van der Waals surface area contributed by atoms with Crippen molar-refractivity contribution in [3.05, 3.63) is 48.0 Å². The number of nitrogens with one attached hydrogen (secondary N) is 2. The molecule has 33 heavy (non-hydrogen) atoms. The molecule has 0 radical (unpaired) electrons. The second kappa shape index (κ2) is 8.99. The van der Waals surface area contributed by atoms with Crippen LogP contribution in [0.25, 0.3) is 10.9 Å². The van der Waals surface area contributed by atoms with Gasteiger partial charge in [0.1, 0.15) is 17.3 Å². The van der Waals surface area contributed by atoms with Crippen LogP contribution in [0.4, 0.5) is 23.4 Å². The number of fused-ring (bicyclic) bond motifs is 1. The van der Waals surface area contributed by atoms with Crippen LogP contribution in [0.2, 0.25) is 0 Å². The molecule has 0 spiro atoms. The number of pyridine rings is 1. The lowest BCUT2D eigenvalue weighted by atomic mass is 9.82. The highest BCUT2D eigenvalue weighted by molar-refractivity contribution is 5.92. The molecule has 4 unspecified atom stereocenters. The van der Waals surface area contributed by atoms with E-state index in [9.17, 15) is 22.4 Å². The average molecular weight is 464 g/mol. The fourth-order valence-electron chi connectivity index (χ4n) is 4.69. The van der Waals surface area contributed by atoms with Crippen LogP contribution in [-0.2, 0) is 11.0 Å². The van der Waals surface area contributed by atoms with E-state index in [1.54, 1.807) is 18.3 Å². The summed E-state index contributed by atoms with van der Waals surface area (Å²) in [5.41, 5.74) is -0.394. The molecule has 0 aliphatic heterocycles. The van der Waals surface area contributed by atoms with E-state index in [4.69, 9.17) is 4.74 Å². The summed E-state index contributed by atoms with van der Waals surface area (Å²) >= 11 is 0. The van der Waals surface area contributed by atoms with E-state index in [1.165, 1.54) is 12.1 Å². The molecule has 0 bridgehead atoms. The van der Waals surface area contributed by atoms with E-state index < -0.39 is 17.8 Å². The highest BCUT2D eigenvalue weighted by atomic mass is 19.4. The van der Waals surface area contributed by atoms with Gasteiger partial charge in [0.15, 0.2) is 5.82 Å². The molecule has 2 N–H and O–H groups in total. The van der Waals surface area contributed by atoms with Gasteiger partial charge in [0.05, 0.1) is 11.6 Å². The molecule has 1 fully saturated rings. The number of H-pyrrole nitrogens is 1. The molecule has 3 aromatic rings. The highest BCUT2D eigenvalue weighted by Gasteiger charge is 2.40. The maximum Gasteiger partial charge on any atom is 0.432 e. The van der Waals surface area contributed by atoms with Gasteiger partial charge >= 0.3 is 6.18 Å². The first-order valence-corrected chi connectivity index (χ1v) is 10.8. The predicted octanol–water partition coefficient (Wildman–Crippen LogP) is 5.57. The number of carbonyl (C=O) groups is 1. The summed E-state index contributed by atoms with van der Waals surface area (Å²) in [6, 6.07) is 6.79. The molecule has 2 aromatic heterocycles. The maximum atomic E-state index is 13.7. The Morgan fingerprint density at radius 1 is 1.27 bits per heavy atom. The summed E-state index contributed by atoms with van der Waals surface area (Å²) in [5, 5.41) is 8.54. The summed E-state index contributed by atoms with van der Waals surface area (Å²) in [6.07, 6.45) is -1.32. The first-order chi connectivity index (χ1) is 15.7. The van der Waals surface area contributed by atoms with Crippen molar-refractivity contribution in [3.8, 4) is 5.75 Å². The fourth-order valence-corrected chi connectivity index (χ4v) is 4.69. The highest BCUT2D eigenvalue weighted by Crippen LogP contribution is 2.41. The number of hydrogen-bond acceptors (Lipinski definition) is 4. The number of halogens is 4. The van der Waals surface area contributed by atoms with E-state index in [-0.39, 0.29) is 35.5 Å². The molecule has 2 heterocycles. The van der Waals surface area contributed by atoms with Crippen LogP contribution >= 0.6 is 0 Å². The third-order valence-electron chi connectivity index (χ3n) is 6.29. The summed E-state index contributed by atoms with van der Waals surface area (Å²) in [5.74, 6) is -0.655. The Balaban J connectivity index is 1.45. The molecule has 1 saturated carbocycles. The van der Waals surface area contributed by atoms with Gasteiger partial charge in [0, 0.05) is 23.6 Å². The topological polar surface area (TPSA) is 79.9 Å². The summed E-state index contributed by atoms with van der Waals surface area (Å²) in [6.45, 7) is 3.90. The number of aromatic amines is 1. The van der Waals surface area contributed by atoms with Gasteiger partial charge in [-0.15, -0.1) is 0 Å². The largest absolute Gasteiger partial charge is 0.490 e. The predicted molar refractivity (Wildman–Crippen MR) is 114 cm³/mol. The second-order valence-electron chi connectivity index (χ2n) is 8.49. The van der Waals surface area contributed by atoms with Crippen LogP contribution in [-0.4, -0.2) is 27.2 Å². The number of ether oxygens (including phenoxy) is 1. The van der Waals surface area contributed by atoms with Crippen LogP contribution in [0.1, 0.15) is 38.8 Å². The van der Waals surface area contributed by atoms with E-state index in [0.717, 1.165) is 6.07 Å². The summed E-state index contributed by atoms with van der Waals surface area (Å²) < 4.78 is 58.3. The first kappa shape index (κ1) is 23.0. The normalized spacial score (nSPS) is 21.8. The number of alkyl halides is 3. The Morgan fingerprint density at radius 3 is 2.76 bits per heavy atom. The lowest BCUT2D eigenvalue weighted by Crippen LogP contribution is -2.30. The zero-order valence-electron chi connectivity index (χ0n) is 18.1. The third-order valence-corrected chi connectivity index (χ3v) is 6.29. The zero-order chi connectivity index (χ0) is 23.8. The average Bonchev–Trinajstić information content (AvgIpc) is 3.36. The lowest BCUT2D eigenvalue weighted by Gasteiger charge is -2.24. The van der Waals surface area contributed by atoms with E-state index >= 15 is 0 Å². The number of carbonyl (C=O) groups excluding carboxylic acids is 1. The van der Waals surface area contributed by atoms with Gasteiger partial charge in [-0.1, -0.05) is 13.8 Å². The van der Waals surface area contributed by atoms with Gasteiger partial charge in [-0.05, 0) is 55.4 Å². The van der Waals surface area contributed by atoms with Crippen LogP contribution < -0.4 is 10.1 Å². The van der Waals surface area contributed by atoms with Crippen LogP contribution in [0, 0.1) is 23.6 Å². The molecule has 4 rings (SSSR count). The zero-order valence-corrected chi connectivity index (χ0v) is 18.1. The SMILES string of the molecule is CCC(C(=O)Nc1cc(C(F)(F)F)[nH]n1)C1CC(Oc2ccnc3ccc(F)cc23)CC1C. The van der Waals surface area contributed by atoms with E-state index in [0.29, 0.717) is 35.9 Å². The van der Waals surface area contributed by atoms with Crippen molar-refractivity contribution in [2.24, 2.45) is 17.8 Å². The molecule has 176 valence electrons. The molecular weight excluding hydrogens is 440 g/mol. The van der Waals surface area contributed by atoms with Crippen molar-refractivity contribution >= 4 is 22.6 Å². The van der Waals surface area contributed by atoms with Crippen LogP contribution in [0.15, 0.2) is 36.5 Å². The first-order valence-electron chi connectivity index (χ1n) is 10.8. The number of benzene rings is 1. The Bertz CT molecular complexity index is 1150. The monoisotopic (exact) mass is 464 g/mol. The Labute approximate surface area is 187 Å². The number of amides is 1. The standard InChI is InChI=1S/C23H24F4N4O2/c1-3-15(22(32)29-21-11-20(30-31-21)23(25,26)27)16-10-14(8-12(16)2)33-19-6-7-28-18-5-4-13(24)9-17(18)19/h4-7,9,11-12,14-16H,3,8,10H2,1-2H3,(H2,29,30,31,32). The number of aromatic nitrogens is 3. The van der Waals surface area contributed by atoms with Gasteiger partial charge in [0.2, 0.25) is 5.91 Å². The molecule has 1 aliphatic carbocycles. The van der Waals surface area contributed by atoms with E-state index in [2.05, 4.69) is 15.4 Å². The number of hydrogen-bond donors (Lipinski definition) is 2.